The fraction of sp³-hybridized carbons (Fsp3) is 0.357. The summed E-state index contributed by atoms with van der Waals surface area (Å²) in [5.74, 6) is 0.0969. The minimum absolute atomic E-state index is 0.0969. The van der Waals surface area contributed by atoms with Gasteiger partial charge in [-0.25, -0.2) is 0 Å². The van der Waals surface area contributed by atoms with Crippen molar-refractivity contribution < 1.29 is 4.79 Å². The van der Waals surface area contributed by atoms with E-state index in [4.69, 9.17) is 0 Å². The van der Waals surface area contributed by atoms with Crippen molar-refractivity contribution in [3.8, 4) is 11.4 Å². The number of nitrogens with one attached hydrogen (secondary N) is 1. The highest BCUT2D eigenvalue weighted by Gasteiger charge is 2.03. The minimum atomic E-state index is 0.0969. The van der Waals surface area contributed by atoms with Gasteiger partial charge < -0.3 is 5.32 Å². The predicted octanol–water partition coefficient (Wildman–Crippen LogP) is 1.86. The maximum atomic E-state index is 11.3. The molecule has 0 saturated carbocycles. The first-order valence-corrected chi connectivity index (χ1v) is 6.51. The Hall–Kier alpha value is -2.17. The molecule has 1 N–H and O–H groups in total. The lowest BCUT2D eigenvalue weighted by molar-refractivity contribution is -0.121. The van der Waals surface area contributed by atoms with Gasteiger partial charge in [0.25, 0.3) is 0 Å². The van der Waals surface area contributed by atoms with Crippen LogP contribution < -0.4 is 5.32 Å². The number of carbonyl (C=O) groups excluding carboxylic acids is 1. The van der Waals surface area contributed by atoms with Crippen LogP contribution in [0.5, 0.6) is 0 Å². The van der Waals surface area contributed by atoms with Gasteiger partial charge in [0.15, 0.2) is 0 Å². The van der Waals surface area contributed by atoms with Crippen molar-refractivity contribution in [1.29, 1.82) is 0 Å². The molecule has 0 radical (unpaired) electrons. The second-order valence-corrected chi connectivity index (χ2v) is 4.28. The molecule has 5 nitrogen and oxygen atoms in total. The summed E-state index contributed by atoms with van der Waals surface area (Å²) in [6.45, 7) is 3.26. The summed E-state index contributed by atoms with van der Waals surface area (Å²) >= 11 is 0. The van der Waals surface area contributed by atoms with Crippen LogP contribution in [0.15, 0.2) is 36.7 Å². The molecule has 0 saturated heterocycles. The number of amides is 1. The summed E-state index contributed by atoms with van der Waals surface area (Å²) in [4.78, 5) is 15.6. The van der Waals surface area contributed by atoms with Crippen molar-refractivity contribution in [1.82, 2.24) is 20.1 Å². The Morgan fingerprint density at radius 3 is 2.95 bits per heavy atom. The van der Waals surface area contributed by atoms with Gasteiger partial charge in [0.2, 0.25) is 5.91 Å². The van der Waals surface area contributed by atoms with Crippen molar-refractivity contribution >= 4 is 5.91 Å². The molecule has 0 aliphatic heterocycles. The first-order valence-electron chi connectivity index (χ1n) is 6.51. The molecule has 2 aromatic rings. The van der Waals surface area contributed by atoms with Gasteiger partial charge in [-0.1, -0.05) is 13.0 Å². The number of nitrogens with zero attached hydrogens (tertiary/aromatic N) is 3. The van der Waals surface area contributed by atoms with Crippen LogP contribution in [0.25, 0.3) is 11.4 Å². The summed E-state index contributed by atoms with van der Waals surface area (Å²) in [6.07, 6.45) is 5.10. The molecule has 0 atom stereocenters. The van der Waals surface area contributed by atoms with Crippen LogP contribution in [0.3, 0.4) is 0 Å². The fourth-order valence-electron chi connectivity index (χ4n) is 1.76. The highest BCUT2D eigenvalue weighted by atomic mass is 16.1. The standard InChI is InChI=1S/C14H18N4O/c1-2-5-14(19)16-9-11-18-10-7-13(17-18)12-6-3-4-8-15-12/h3-4,6-8,10H,2,5,9,11H2,1H3,(H,16,19). The van der Waals surface area contributed by atoms with Gasteiger partial charge >= 0.3 is 0 Å². The van der Waals surface area contributed by atoms with Gasteiger partial charge in [0, 0.05) is 25.4 Å². The zero-order chi connectivity index (χ0) is 13.5. The van der Waals surface area contributed by atoms with E-state index in [-0.39, 0.29) is 5.91 Å². The van der Waals surface area contributed by atoms with E-state index in [0.29, 0.717) is 19.5 Å². The molecule has 2 heterocycles. The quantitative estimate of drug-likeness (QED) is 0.860. The molecule has 0 aliphatic carbocycles. The van der Waals surface area contributed by atoms with Crippen LogP contribution in [0.4, 0.5) is 0 Å². The lowest BCUT2D eigenvalue weighted by atomic mass is 10.3. The zero-order valence-electron chi connectivity index (χ0n) is 11.0. The third-order valence-electron chi connectivity index (χ3n) is 2.71. The Morgan fingerprint density at radius 2 is 2.21 bits per heavy atom. The fourth-order valence-corrected chi connectivity index (χ4v) is 1.76. The lowest BCUT2D eigenvalue weighted by Crippen LogP contribution is -2.26. The second-order valence-electron chi connectivity index (χ2n) is 4.28. The molecule has 100 valence electrons. The number of carbonyl (C=O) groups is 1. The van der Waals surface area contributed by atoms with E-state index >= 15 is 0 Å². The normalized spacial score (nSPS) is 10.4. The topological polar surface area (TPSA) is 59.8 Å². The summed E-state index contributed by atoms with van der Waals surface area (Å²) in [5, 5.41) is 7.29. The number of pyridine rings is 1. The molecule has 0 bridgehead atoms. The molecule has 1 amide bonds. The monoisotopic (exact) mass is 258 g/mol. The Bertz CT molecular complexity index is 521. The van der Waals surface area contributed by atoms with E-state index < -0.39 is 0 Å². The largest absolute Gasteiger partial charge is 0.354 e. The Kier molecular flexibility index (Phi) is 4.66. The third kappa shape index (κ3) is 3.91. The van der Waals surface area contributed by atoms with Gasteiger partial charge in [-0.05, 0) is 24.6 Å². The number of hydrogen-bond acceptors (Lipinski definition) is 3. The van der Waals surface area contributed by atoms with Crippen molar-refractivity contribution in [2.75, 3.05) is 6.54 Å². The summed E-state index contributed by atoms with van der Waals surface area (Å²) < 4.78 is 1.82. The molecule has 0 aromatic carbocycles. The van der Waals surface area contributed by atoms with Gasteiger partial charge in [0.1, 0.15) is 5.69 Å². The summed E-state index contributed by atoms with van der Waals surface area (Å²) in [7, 11) is 0. The van der Waals surface area contributed by atoms with Crippen molar-refractivity contribution in [2.24, 2.45) is 0 Å². The molecule has 0 unspecified atom stereocenters. The van der Waals surface area contributed by atoms with Gasteiger partial charge in [-0.15, -0.1) is 0 Å². The third-order valence-corrected chi connectivity index (χ3v) is 2.71. The zero-order valence-corrected chi connectivity index (χ0v) is 11.0. The van der Waals surface area contributed by atoms with Crippen LogP contribution in [0, 0.1) is 0 Å². The highest BCUT2D eigenvalue weighted by molar-refractivity contribution is 5.75. The Labute approximate surface area is 112 Å². The first-order chi connectivity index (χ1) is 9.29. The SMILES string of the molecule is CCCC(=O)NCCn1ccc(-c2ccccn2)n1. The van der Waals surface area contributed by atoms with E-state index in [0.717, 1.165) is 17.8 Å². The molecule has 5 heteroatoms. The molecule has 2 aromatic heterocycles. The van der Waals surface area contributed by atoms with Crippen molar-refractivity contribution in [2.45, 2.75) is 26.3 Å². The number of rotatable bonds is 6. The first kappa shape index (κ1) is 13.3. The maximum absolute atomic E-state index is 11.3. The van der Waals surface area contributed by atoms with E-state index in [1.165, 1.54) is 0 Å². The minimum Gasteiger partial charge on any atom is -0.354 e. The van der Waals surface area contributed by atoms with Crippen LogP contribution in [0.2, 0.25) is 0 Å². The molecular weight excluding hydrogens is 240 g/mol. The van der Waals surface area contributed by atoms with Crippen molar-refractivity contribution in [3.63, 3.8) is 0 Å². The number of hydrogen-bond donors (Lipinski definition) is 1. The second kappa shape index (κ2) is 6.68. The molecule has 0 aliphatic rings. The molecule has 0 fully saturated rings. The van der Waals surface area contributed by atoms with E-state index in [1.54, 1.807) is 6.20 Å². The van der Waals surface area contributed by atoms with E-state index in [9.17, 15) is 4.79 Å². The van der Waals surface area contributed by atoms with E-state index in [1.807, 2.05) is 42.1 Å². The highest BCUT2D eigenvalue weighted by Crippen LogP contribution is 2.12. The van der Waals surface area contributed by atoms with Gasteiger partial charge in [-0.2, -0.15) is 5.10 Å². The molecule has 2 rings (SSSR count). The van der Waals surface area contributed by atoms with Crippen LogP contribution >= 0.6 is 0 Å². The van der Waals surface area contributed by atoms with Crippen LogP contribution in [-0.2, 0) is 11.3 Å². The van der Waals surface area contributed by atoms with E-state index in [2.05, 4.69) is 15.4 Å². The smallest absolute Gasteiger partial charge is 0.220 e. The van der Waals surface area contributed by atoms with Crippen LogP contribution in [0.1, 0.15) is 19.8 Å². The average molecular weight is 258 g/mol. The summed E-state index contributed by atoms with van der Waals surface area (Å²) in [5.41, 5.74) is 1.71. The van der Waals surface area contributed by atoms with Gasteiger partial charge in [-0.3, -0.25) is 14.5 Å². The lowest BCUT2D eigenvalue weighted by Gasteiger charge is -2.04. The molecule has 19 heavy (non-hydrogen) atoms. The predicted molar refractivity (Wildman–Crippen MR) is 73.4 cm³/mol. The number of aromatic nitrogens is 3. The Morgan fingerprint density at radius 1 is 1.32 bits per heavy atom. The molecule has 0 spiro atoms. The molecular formula is C14H18N4O. The van der Waals surface area contributed by atoms with Crippen LogP contribution in [-0.4, -0.2) is 27.2 Å². The van der Waals surface area contributed by atoms with Gasteiger partial charge in [0.05, 0.1) is 12.2 Å². The maximum Gasteiger partial charge on any atom is 0.220 e. The average Bonchev–Trinajstić information content (AvgIpc) is 2.89. The summed E-state index contributed by atoms with van der Waals surface area (Å²) in [6, 6.07) is 7.67. The Balaban J connectivity index is 1.86. The van der Waals surface area contributed by atoms with Crippen molar-refractivity contribution in [3.05, 3.63) is 36.7 Å².